The van der Waals surface area contributed by atoms with Crippen LogP contribution < -0.4 is 4.90 Å². The number of benzene rings is 9. The van der Waals surface area contributed by atoms with Crippen molar-refractivity contribution in [3.63, 3.8) is 0 Å². The molecule has 268 valence electrons. The predicted octanol–water partition coefficient (Wildman–Crippen LogP) is 14.5. The lowest BCUT2D eigenvalue weighted by atomic mass is 9.98. The summed E-state index contributed by atoms with van der Waals surface area (Å²) >= 11 is 0. The summed E-state index contributed by atoms with van der Waals surface area (Å²) in [6.07, 6.45) is 0. The fourth-order valence-electron chi connectivity index (χ4n) is 8.37. The van der Waals surface area contributed by atoms with Gasteiger partial charge in [0.2, 0.25) is 5.89 Å². The van der Waals surface area contributed by atoms with Crippen LogP contribution in [0.1, 0.15) is 0 Å². The number of rotatable bonds is 7. The van der Waals surface area contributed by atoms with Gasteiger partial charge in [-0.05, 0) is 89.3 Å². The third kappa shape index (κ3) is 5.58. The first-order valence-electron chi connectivity index (χ1n) is 19.3. The first-order chi connectivity index (χ1) is 28.3. The summed E-state index contributed by atoms with van der Waals surface area (Å²) in [4.78, 5) is 7.49. The molecule has 0 aliphatic rings. The monoisotopic (exact) mass is 729 g/mol. The Labute approximate surface area is 330 Å². The van der Waals surface area contributed by atoms with Crippen LogP contribution >= 0.6 is 0 Å². The molecule has 57 heavy (non-hydrogen) atoms. The number of aromatic nitrogens is 2. The summed E-state index contributed by atoms with van der Waals surface area (Å²) in [5.74, 6) is 0.618. The molecule has 2 heterocycles. The van der Waals surface area contributed by atoms with Crippen molar-refractivity contribution in [2.75, 3.05) is 4.90 Å². The highest BCUT2D eigenvalue weighted by Crippen LogP contribution is 2.44. The molecule has 0 atom stereocenters. The van der Waals surface area contributed by atoms with Gasteiger partial charge in [-0.15, -0.1) is 0 Å². The predicted molar refractivity (Wildman–Crippen MR) is 237 cm³/mol. The Bertz CT molecular complexity index is 3220. The molecule has 9 aromatic carbocycles. The molecule has 2 aromatic heterocycles. The van der Waals surface area contributed by atoms with E-state index in [1.807, 2.05) is 30.3 Å². The smallest absolute Gasteiger partial charge is 0.227 e. The van der Waals surface area contributed by atoms with E-state index in [1.54, 1.807) is 0 Å². The average molecular weight is 730 g/mol. The summed E-state index contributed by atoms with van der Waals surface area (Å²) in [6.45, 7) is 0. The number of anilines is 3. The zero-order chi connectivity index (χ0) is 37.7. The lowest BCUT2D eigenvalue weighted by Gasteiger charge is -2.28. The molecule has 4 nitrogen and oxygen atoms in total. The largest absolute Gasteiger partial charge is 0.435 e. The van der Waals surface area contributed by atoms with Gasteiger partial charge in [-0.2, -0.15) is 0 Å². The van der Waals surface area contributed by atoms with Gasteiger partial charge in [0.25, 0.3) is 0 Å². The zero-order valence-electron chi connectivity index (χ0n) is 31.0. The molecule has 0 saturated heterocycles. The molecule has 0 unspecified atom stereocenters. The Balaban J connectivity index is 1.10. The maximum Gasteiger partial charge on any atom is 0.227 e. The highest BCUT2D eigenvalue weighted by Gasteiger charge is 2.21. The van der Waals surface area contributed by atoms with Crippen molar-refractivity contribution in [2.24, 2.45) is 0 Å². The first-order valence-corrected chi connectivity index (χ1v) is 19.3. The van der Waals surface area contributed by atoms with Crippen molar-refractivity contribution in [1.29, 1.82) is 0 Å². The molecule has 0 radical (unpaired) electrons. The number of nitrogens with zero attached hydrogens (tertiary/aromatic N) is 3. The van der Waals surface area contributed by atoms with Gasteiger partial charge in [-0.25, -0.2) is 4.98 Å². The van der Waals surface area contributed by atoms with Crippen molar-refractivity contribution in [3.8, 4) is 39.4 Å². The van der Waals surface area contributed by atoms with Gasteiger partial charge in [-0.1, -0.05) is 140 Å². The van der Waals surface area contributed by atoms with E-state index in [2.05, 4.69) is 191 Å². The Morgan fingerprint density at radius 1 is 0.421 bits per heavy atom. The van der Waals surface area contributed by atoms with Crippen LogP contribution in [0.15, 0.2) is 217 Å². The van der Waals surface area contributed by atoms with E-state index in [0.29, 0.717) is 5.89 Å². The maximum absolute atomic E-state index is 6.54. The van der Waals surface area contributed by atoms with Crippen molar-refractivity contribution in [2.45, 2.75) is 0 Å². The molecular weight excluding hydrogens is 695 g/mol. The number of hydrogen-bond donors (Lipinski definition) is 0. The zero-order valence-corrected chi connectivity index (χ0v) is 31.0. The SMILES string of the molecule is c1ccc(-c2nc3c(-c4ccc(N(c5ccc6c(c5)c5ccccc5n6-c5ccccc5)c5ccccc5-c5ccccc5)cc4)cc4ccccc4c3o2)cc1. The fraction of sp³-hybridized carbons (Fsp3) is 0. The summed E-state index contributed by atoms with van der Waals surface area (Å²) in [5, 5.41) is 4.58. The molecule has 0 bridgehead atoms. The topological polar surface area (TPSA) is 34.2 Å². The van der Waals surface area contributed by atoms with Crippen LogP contribution in [0.4, 0.5) is 17.1 Å². The quantitative estimate of drug-likeness (QED) is 0.164. The van der Waals surface area contributed by atoms with Crippen LogP contribution in [-0.4, -0.2) is 9.55 Å². The molecule has 11 rings (SSSR count). The number of para-hydroxylation sites is 3. The molecule has 0 aliphatic heterocycles. The van der Waals surface area contributed by atoms with Crippen LogP contribution in [0.25, 0.3) is 83.1 Å². The second-order valence-electron chi connectivity index (χ2n) is 14.4. The van der Waals surface area contributed by atoms with Crippen LogP contribution in [0.3, 0.4) is 0 Å². The molecule has 0 amide bonds. The fourth-order valence-corrected chi connectivity index (χ4v) is 8.37. The van der Waals surface area contributed by atoms with Crippen LogP contribution in [0.5, 0.6) is 0 Å². The summed E-state index contributed by atoms with van der Waals surface area (Å²) in [7, 11) is 0. The van der Waals surface area contributed by atoms with E-state index in [4.69, 9.17) is 9.40 Å². The van der Waals surface area contributed by atoms with Crippen molar-refractivity contribution >= 4 is 60.7 Å². The van der Waals surface area contributed by atoms with Gasteiger partial charge in [0, 0.05) is 49.9 Å². The van der Waals surface area contributed by atoms with E-state index in [1.165, 1.54) is 21.8 Å². The second kappa shape index (κ2) is 13.6. The highest BCUT2D eigenvalue weighted by molar-refractivity contribution is 6.12. The van der Waals surface area contributed by atoms with Crippen LogP contribution in [0, 0.1) is 0 Å². The van der Waals surface area contributed by atoms with Gasteiger partial charge >= 0.3 is 0 Å². The Morgan fingerprint density at radius 2 is 1.02 bits per heavy atom. The molecule has 4 heteroatoms. The average Bonchev–Trinajstić information content (AvgIpc) is 3.88. The lowest BCUT2D eigenvalue weighted by Crippen LogP contribution is -2.11. The van der Waals surface area contributed by atoms with E-state index >= 15 is 0 Å². The summed E-state index contributed by atoms with van der Waals surface area (Å²) < 4.78 is 8.90. The molecule has 0 aliphatic carbocycles. The minimum absolute atomic E-state index is 0.618. The second-order valence-corrected chi connectivity index (χ2v) is 14.4. The number of hydrogen-bond acceptors (Lipinski definition) is 3. The first kappa shape index (κ1) is 32.7. The lowest BCUT2D eigenvalue weighted by molar-refractivity contribution is 0.623. The standard InChI is InChI=1S/C53H35N3O/c1-4-16-36(17-5-1)43-23-12-14-26-48(43)55(42-32-33-50-47(35-42)45-25-13-15-27-49(45)56(50)40-21-8-3-9-22-40)41-30-28-37(29-31-41)46-34-39-20-10-11-24-44(39)52-51(46)54-53(57-52)38-18-6-2-7-19-38/h1-35H. The van der Waals surface area contributed by atoms with E-state index in [-0.39, 0.29) is 0 Å². The molecule has 0 spiro atoms. The molecular formula is C53H35N3O. The highest BCUT2D eigenvalue weighted by atomic mass is 16.3. The molecule has 0 fully saturated rings. The number of oxazole rings is 1. The van der Waals surface area contributed by atoms with Gasteiger partial charge in [0.15, 0.2) is 5.58 Å². The maximum atomic E-state index is 6.54. The van der Waals surface area contributed by atoms with E-state index in [9.17, 15) is 0 Å². The van der Waals surface area contributed by atoms with Crippen molar-refractivity contribution in [3.05, 3.63) is 212 Å². The molecule has 0 N–H and O–H groups in total. The Hall–Kier alpha value is -7.69. The van der Waals surface area contributed by atoms with E-state index < -0.39 is 0 Å². The normalized spacial score (nSPS) is 11.5. The molecule has 0 saturated carbocycles. The summed E-state index contributed by atoms with van der Waals surface area (Å²) in [6, 6.07) is 75.2. The summed E-state index contributed by atoms with van der Waals surface area (Å²) in [5.41, 5.74) is 13.7. The Kier molecular flexibility index (Phi) is 7.78. The van der Waals surface area contributed by atoms with Crippen LogP contribution in [-0.2, 0) is 0 Å². The van der Waals surface area contributed by atoms with E-state index in [0.717, 1.165) is 72.4 Å². The van der Waals surface area contributed by atoms with Gasteiger partial charge in [0.05, 0.1) is 16.7 Å². The van der Waals surface area contributed by atoms with Gasteiger partial charge in [-0.3, -0.25) is 0 Å². The van der Waals surface area contributed by atoms with Crippen LogP contribution in [0.2, 0.25) is 0 Å². The third-order valence-corrected chi connectivity index (χ3v) is 11.0. The van der Waals surface area contributed by atoms with Gasteiger partial charge < -0.3 is 13.9 Å². The number of fused-ring (bicyclic) bond motifs is 6. The van der Waals surface area contributed by atoms with Crippen molar-refractivity contribution < 1.29 is 4.42 Å². The minimum Gasteiger partial charge on any atom is -0.435 e. The van der Waals surface area contributed by atoms with Crippen molar-refractivity contribution in [1.82, 2.24) is 9.55 Å². The molecule has 11 aromatic rings. The minimum atomic E-state index is 0.618. The Morgan fingerprint density at radius 3 is 1.81 bits per heavy atom. The third-order valence-electron chi connectivity index (χ3n) is 11.0. The van der Waals surface area contributed by atoms with Gasteiger partial charge in [0.1, 0.15) is 5.52 Å².